The van der Waals surface area contributed by atoms with Crippen molar-refractivity contribution in [2.45, 2.75) is 24.4 Å². The summed E-state index contributed by atoms with van der Waals surface area (Å²) < 4.78 is 56.1. The number of benzene rings is 2. The summed E-state index contributed by atoms with van der Waals surface area (Å²) in [6.07, 6.45) is -1.02. The van der Waals surface area contributed by atoms with Crippen molar-refractivity contribution in [1.82, 2.24) is 4.98 Å². The molecule has 1 aromatic heterocycles. The van der Waals surface area contributed by atoms with Crippen LogP contribution in [0.5, 0.6) is 0 Å². The minimum absolute atomic E-state index is 0.0362. The van der Waals surface area contributed by atoms with Crippen LogP contribution in [0.4, 0.5) is 34.6 Å². The van der Waals surface area contributed by atoms with Gasteiger partial charge < -0.3 is 10.2 Å². The lowest BCUT2D eigenvalue weighted by Gasteiger charge is -2.23. The zero-order valence-corrected chi connectivity index (χ0v) is 17.9. The Bertz CT molecular complexity index is 1260. The van der Waals surface area contributed by atoms with Crippen LogP contribution in [0.1, 0.15) is 35.1 Å². The van der Waals surface area contributed by atoms with E-state index < -0.39 is 29.4 Å². The van der Waals surface area contributed by atoms with E-state index in [1.165, 1.54) is 30.5 Å². The molecule has 2 aromatic carbocycles. The van der Waals surface area contributed by atoms with E-state index in [4.69, 9.17) is 0 Å². The van der Waals surface area contributed by atoms with Crippen LogP contribution >= 0.6 is 0 Å². The standard InChI is InChI=1S/C25H20F4N4O/c26-19-4-3-6-21-23(19)17(24(34)32-21)13-31-16-7-8-22(18(12-16)25(27,28)29)33-11-9-15(14-33)20-5-1-2-10-30-20/h1-8,10,12-13,15,17H,9,11,14H2,(H,32,34). The van der Waals surface area contributed by atoms with Gasteiger partial charge in [-0.05, 0) is 48.9 Å². The molecule has 0 saturated carbocycles. The topological polar surface area (TPSA) is 57.6 Å². The highest BCUT2D eigenvalue weighted by atomic mass is 19.4. The minimum Gasteiger partial charge on any atom is -0.370 e. The lowest BCUT2D eigenvalue weighted by molar-refractivity contribution is -0.137. The molecule has 2 aliphatic heterocycles. The van der Waals surface area contributed by atoms with Gasteiger partial charge in [0, 0.05) is 54.1 Å². The van der Waals surface area contributed by atoms with Crippen molar-refractivity contribution in [3.63, 3.8) is 0 Å². The van der Waals surface area contributed by atoms with Gasteiger partial charge in [0.25, 0.3) is 0 Å². The molecule has 2 unspecified atom stereocenters. The van der Waals surface area contributed by atoms with Gasteiger partial charge in [0.05, 0.1) is 11.3 Å². The fourth-order valence-electron chi connectivity index (χ4n) is 4.55. The maximum Gasteiger partial charge on any atom is 0.418 e. The highest BCUT2D eigenvalue weighted by Gasteiger charge is 2.37. The first-order valence-corrected chi connectivity index (χ1v) is 10.8. The van der Waals surface area contributed by atoms with Gasteiger partial charge in [0.15, 0.2) is 0 Å². The molecule has 2 atom stereocenters. The molecule has 5 rings (SSSR count). The molecule has 9 heteroatoms. The van der Waals surface area contributed by atoms with Crippen molar-refractivity contribution in [3.8, 4) is 0 Å². The Morgan fingerprint density at radius 1 is 1.12 bits per heavy atom. The Morgan fingerprint density at radius 2 is 1.97 bits per heavy atom. The van der Waals surface area contributed by atoms with Crippen molar-refractivity contribution in [3.05, 3.63) is 83.4 Å². The highest BCUT2D eigenvalue weighted by molar-refractivity contribution is 6.12. The molecular weight excluding hydrogens is 448 g/mol. The SMILES string of the molecule is O=C1Nc2cccc(F)c2C1C=Nc1ccc(N2CCC(c3ccccn3)C2)c(C(F)(F)F)c1. The van der Waals surface area contributed by atoms with Crippen molar-refractivity contribution >= 4 is 29.2 Å². The van der Waals surface area contributed by atoms with Gasteiger partial charge in [-0.2, -0.15) is 13.2 Å². The second-order valence-electron chi connectivity index (χ2n) is 8.33. The van der Waals surface area contributed by atoms with Crippen LogP contribution in [-0.2, 0) is 11.0 Å². The van der Waals surface area contributed by atoms with Crippen LogP contribution in [0.25, 0.3) is 0 Å². The molecule has 1 fully saturated rings. The van der Waals surface area contributed by atoms with Crippen LogP contribution in [0, 0.1) is 5.82 Å². The number of halogens is 4. The first-order chi connectivity index (χ1) is 16.3. The van der Waals surface area contributed by atoms with Gasteiger partial charge in [-0.15, -0.1) is 0 Å². The predicted molar refractivity (Wildman–Crippen MR) is 121 cm³/mol. The smallest absolute Gasteiger partial charge is 0.370 e. The Balaban J connectivity index is 1.42. The first-order valence-electron chi connectivity index (χ1n) is 10.8. The van der Waals surface area contributed by atoms with Gasteiger partial charge in [0.1, 0.15) is 11.7 Å². The van der Waals surface area contributed by atoms with E-state index in [1.807, 2.05) is 12.1 Å². The van der Waals surface area contributed by atoms with Crippen LogP contribution in [0.3, 0.4) is 0 Å². The lowest BCUT2D eigenvalue weighted by atomic mass is 10.0. The number of aliphatic imine (C=N–C) groups is 1. The summed E-state index contributed by atoms with van der Waals surface area (Å²) >= 11 is 0. The summed E-state index contributed by atoms with van der Waals surface area (Å²) in [5.41, 5.74) is 0.660. The Kier molecular flexibility index (Phi) is 5.55. The summed E-state index contributed by atoms with van der Waals surface area (Å²) in [5.74, 6) is -2.01. The zero-order valence-electron chi connectivity index (χ0n) is 17.9. The highest BCUT2D eigenvalue weighted by Crippen LogP contribution is 2.41. The van der Waals surface area contributed by atoms with E-state index in [-0.39, 0.29) is 22.9 Å². The van der Waals surface area contributed by atoms with E-state index in [1.54, 1.807) is 23.2 Å². The summed E-state index contributed by atoms with van der Waals surface area (Å²) in [6, 6.07) is 13.7. The number of hydrogen-bond acceptors (Lipinski definition) is 4. The van der Waals surface area contributed by atoms with Crippen LogP contribution in [0.15, 0.2) is 65.8 Å². The second kappa shape index (κ2) is 8.55. The first kappa shape index (κ1) is 22.1. The van der Waals surface area contributed by atoms with Gasteiger partial charge in [-0.1, -0.05) is 12.1 Å². The van der Waals surface area contributed by atoms with Gasteiger partial charge >= 0.3 is 6.18 Å². The van der Waals surface area contributed by atoms with Crippen molar-refractivity contribution in [2.75, 3.05) is 23.3 Å². The quantitative estimate of drug-likeness (QED) is 0.397. The van der Waals surface area contributed by atoms with Crippen molar-refractivity contribution < 1.29 is 22.4 Å². The third kappa shape index (κ3) is 4.13. The fourth-order valence-corrected chi connectivity index (χ4v) is 4.55. The summed E-state index contributed by atoms with van der Waals surface area (Å²) in [7, 11) is 0. The average molecular weight is 468 g/mol. The van der Waals surface area contributed by atoms with Crippen LogP contribution in [-0.4, -0.2) is 30.2 Å². The number of rotatable bonds is 4. The molecule has 5 nitrogen and oxygen atoms in total. The minimum atomic E-state index is -4.59. The second-order valence-corrected chi connectivity index (χ2v) is 8.33. The van der Waals surface area contributed by atoms with Crippen LogP contribution in [0.2, 0.25) is 0 Å². The number of pyridine rings is 1. The van der Waals surface area contributed by atoms with E-state index in [9.17, 15) is 22.4 Å². The molecule has 3 aromatic rings. The van der Waals surface area contributed by atoms with Gasteiger partial charge in [-0.25, -0.2) is 4.39 Å². The Morgan fingerprint density at radius 3 is 2.74 bits per heavy atom. The molecule has 34 heavy (non-hydrogen) atoms. The molecule has 1 N–H and O–H groups in total. The van der Waals surface area contributed by atoms with Gasteiger partial charge in [-0.3, -0.25) is 14.8 Å². The van der Waals surface area contributed by atoms with Gasteiger partial charge in [0.2, 0.25) is 5.91 Å². The molecule has 0 bridgehead atoms. The average Bonchev–Trinajstić information content (AvgIpc) is 3.43. The molecule has 174 valence electrons. The number of hydrogen-bond donors (Lipinski definition) is 1. The number of alkyl halides is 3. The van der Waals surface area contributed by atoms with E-state index in [0.29, 0.717) is 25.2 Å². The number of amides is 1. The normalized spacial score (nSPS) is 20.1. The molecule has 1 amide bonds. The van der Waals surface area contributed by atoms with E-state index in [2.05, 4.69) is 15.3 Å². The number of fused-ring (bicyclic) bond motifs is 1. The zero-order chi connectivity index (χ0) is 23.9. The molecule has 3 heterocycles. The van der Waals surface area contributed by atoms with Crippen LogP contribution < -0.4 is 10.2 Å². The van der Waals surface area contributed by atoms with E-state index >= 15 is 0 Å². The summed E-state index contributed by atoms with van der Waals surface area (Å²) in [5, 5.41) is 2.56. The molecule has 2 aliphatic rings. The Hall–Kier alpha value is -3.75. The molecule has 0 radical (unpaired) electrons. The monoisotopic (exact) mass is 468 g/mol. The number of carbonyl (C=O) groups is 1. The van der Waals surface area contributed by atoms with E-state index in [0.717, 1.165) is 11.8 Å². The fraction of sp³-hybridized carbons (Fsp3) is 0.240. The summed E-state index contributed by atoms with van der Waals surface area (Å²) in [4.78, 5) is 22.4. The third-order valence-electron chi connectivity index (χ3n) is 6.20. The van der Waals surface area contributed by atoms with Crippen molar-refractivity contribution in [2.24, 2.45) is 4.99 Å². The maximum atomic E-state index is 14.2. The number of nitrogens with one attached hydrogen (secondary N) is 1. The summed E-state index contributed by atoms with van der Waals surface area (Å²) in [6.45, 7) is 0.909. The lowest BCUT2D eigenvalue weighted by Crippen LogP contribution is -2.23. The number of aromatic nitrogens is 1. The predicted octanol–water partition coefficient (Wildman–Crippen LogP) is 5.67. The van der Waals surface area contributed by atoms with Crippen molar-refractivity contribution in [1.29, 1.82) is 0 Å². The molecule has 1 saturated heterocycles. The molecule has 0 aliphatic carbocycles. The molecule has 0 spiro atoms. The maximum absolute atomic E-state index is 14.2. The Labute approximate surface area is 193 Å². The third-order valence-corrected chi connectivity index (χ3v) is 6.20. The largest absolute Gasteiger partial charge is 0.418 e. The molecular formula is C25H20F4N4O. The number of nitrogens with zero attached hydrogens (tertiary/aromatic N) is 3. The number of carbonyl (C=O) groups excluding carboxylic acids is 1. The number of anilines is 2.